The van der Waals surface area contributed by atoms with E-state index in [4.69, 9.17) is 4.74 Å². The second-order valence-electron chi connectivity index (χ2n) is 6.68. The second kappa shape index (κ2) is 10.8. The minimum absolute atomic E-state index is 0.234. The lowest BCUT2D eigenvalue weighted by atomic mass is 10.0. The summed E-state index contributed by atoms with van der Waals surface area (Å²) < 4.78 is 30.9. The number of rotatable bonds is 10. The molecule has 152 valence electrons. The fourth-order valence-corrected chi connectivity index (χ4v) is 5.20. The van der Waals surface area contributed by atoms with Crippen LogP contribution in [0.3, 0.4) is 0 Å². The molecule has 1 amide bonds. The number of carbonyl (C=O) groups is 1. The van der Waals surface area contributed by atoms with E-state index in [9.17, 15) is 13.2 Å². The summed E-state index contributed by atoms with van der Waals surface area (Å²) in [6.07, 6.45) is 7.56. The van der Waals surface area contributed by atoms with Crippen molar-refractivity contribution in [1.29, 1.82) is 0 Å². The van der Waals surface area contributed by atoms with Crippen LogP contribution in [0.1, 0.15) is 39.0 Å². The number of anilines is 1. The Bertz CT molecular complexity index is 703. The van der Waals surface area contributed by atoms with Crippen molar-refractivity contribution >= 4 is 33.4 Å². The highest BCUT2D eigenvalue weighted by Crippen LogP contribution is 2.27. The summed E-state index contributed by atoms with van der Waals surface area (Å²) in [4.78, 5) is 12.3. The fourth-order valence-electron chi connectivity index (χ4n) is 3.13. The molecule has 1 aromatic carbocycles. The standard InChI is InChI=1S/C19H30N2O4S2/c1-3-25-17-9-7-8-16(14-17)21(27(2,23)24)15-19(22)20-12-13-26-18-10-5-4-6-11-18/h7-9,14,18H,3-6,10-13,15H2,1-2H3,(H,20,22). The first-order valence-electron chi connectivity index (χ1n) is 9.49. The molecule has 1 fully saturated rings. The maximum absolute atomic E-state index is 12.3. The first-order valence-corrected chi connectivity index (χ1v) is 12.4. The van der Waals surface area contributed by atoms with Crippen LogP contribution in [-0.2, 0) is 14.8 Å². The van der Waals surface area contributed by atoms with Crippen molar-refractivity contribution in [2.24, 2.45) is 0 Å². The molecule has 2 rings (SSSR count). The quantitative estimate of drug-likeness (QED) is 0.596. The van der Waals surface area contributed by atoms with Gasteiger partial charge in [-0.1, -0.05) is 25.3 Å². The van der Waals surface area contributed by atoms with Gasteiger partial charge in [0, 0.05) is 23.6 Å². The van der Waals surface area contributed by atoms with Crippen LogP contribution in [0, 0.1) is 0 Å². The number of benzene rings is 1. The normalized spacial score (nSPS) is 15.3. The summed E-state index contributed by atoms with van der Waals surface area (Å²) in [5.74, 6) is 1.13. The van der Waals surface area contributed by atoms with E-state index in [2.05, 4.69) is 5.32 Å². The van der Waals surface area contributed by atoms with Crippen molar-refractivity contribution in [3.63, 3.8) is 0 Å². The van der Waals surface area contributed by atoms with Gasteiger partial charge in [-0.05, 0) is 31.9 Å². The maximum Gasteiger partial charge on any atom is 0.240 e. The summed E-state index contributed by atoms with van der Waals surface area (Å²) in [5.41, 5.74) is 0.426. The number of hydrogen-bond donors (Lipinski definition) is 1. The Morgan fingerprint density at radius 3 is 2.70 bits per heavy atom. The molecule has 27 heavy (non-hydrogen) atoms. The third kappa shape index (κ3) is 7.62. The van der Waals surface area contributed by atoms with Crippen molar-refractivity contribution in [1.82, 2.24) is 5.32 Å². The van der Waals surface area contributed by atoms with E-state index < -0.39 is 10.0 Å². The van der Waals surface area contributed by atoms with Crippen LogP contribution in [0.5, 0.6) is 5.75 Å². The number of nitrogens with zero attached hydrogens (tertiary/aromatic N) is 1. The van der Waals surface area contributed by atoms with Gasteiger partial charge in [0.1, 0.15) is 12.3 Å². The minimum Gasteiger partial charge on any atom is -0.494 e. The van der Waals surface area contributed by atoms with Crippen LogP contribution in [0.4, 0.5) is 5.69 Å². The summed E-state index contributed by atoms with van der Waals surface area (Å²) >= 11 is 1.90. The van der Waals surface area contributed by atoms with E-state index in [-0.39, 0.29) is 12.5 Å². The molecule has 8 heteroatoms. The Hall–Kier alpha value is -1.41. The molecule has 0 unspecified atom stereocenters. The van der Waals surface area contributed by atoms with Gasteiger partial charge < -0.3 is 10.1 Å². The predicted octanol–water partition coefficient (Wildman–Crippen LogP) is 3.03. The zero-order valence-electron chi connectivity index (χ0n) is 16.1. The number of amides is 1. The molecule has 1 aliphatic carbocycles. The van der Waals surface area contributed by atoms with E-state index in [1.54, 1.807) is 24.3 Å². The molecule has 0 heterocycles. The molecule has 0 radical (unpaired) electrons. The van der Waals surface area contributed by atoms with E-state index in [1.807, 2.05) is 18.7 Å². The minimum atomic E-state index is -3.58. The van der Waals surface area contributed by atoms with Gasteiger partial charge in [0.15, 0.2) is 0 Å². The number of hydrogen-bond acceptors (Lipinski definition) is 5. The van der Waals surface area contributed by atoms with Crippen molar-refractivity contribution in [2.75, 3.05) is 36.0 Å². The van der Waals surface area contributed by atoms with Gasteiger partial charge in [-0.3, -0.25) is 9.10 Å². The van der Waals surface area contributed by atoms with Crippen LogP contribution in [0.2, 0.25) is 0 Å². The molecule has 0 aliphatic heterocycles. The number of carbonyl (C=O) groups excluding carboxylic acids is 1. The van der Waals surface area contributed by atoms with Crippen LogP contribution in [-0.4, -0.2) is 51.3 Å². The zero-order chi connectivity index (χ0) is 19.7. The number of thioether (sulfide) groups is 1. The molecular formula is C19H30N2O4S2. The van der Waals surface area contributed by atoms with E-state index >= 15 is 0 Å². The third-order valence-corrected chi connectivity index (χ3v) is 6.96. The molecule has 0 spiro atoms. The molecule has 1 aromatic rings. The second-order valence-corrected chi connectivity index (χ2v) is 10.00. The Kier molecular flexibility index (Phi) is 8.76. The highest BCUT2D eigenvalue weighted by molar-refractivity contribution is 7.99. The molecule has 1 N–H and O–H groups in total. The number of sulfonamides is 1. The average molecular weight is 415 g/mol. The monoisotopic (exact) mass is 414 g/mol. The molecule has 1 aliphatic rings. The maximum atomic E-state index is 12.3. The van der Waals surface area contributed by atoms with Gasteiger partial charge in [-0.2, -0.15) is 11.8 Å². The van der Waals surface area contributed by atoms with Gasteiger partial charge in [-0.25, -0.2) is 8.42 Å². The largest absolute Gasteiger partial charge is 0.494 e. The first-order chi connectivity index (χ1) is 12.9. The topological polar surface area (TPSA) is 75.7 Å². The molecule has 0 bridgehead atoms. The summed E-state index contributed by atoms with van der Waals surface area (Å²) in [6, 6.07) is 6.78. The lowest BCUT2D eigenvalue weighted by Crippen LogP contribution is -2.41. The number of ether oxygens (including phenoxy) is 1. The zero-order valence-corrected chi connectivity index (χ0v) is 17.8. The van der Waals surface area contributed by atoms with Gasteiger partial charge in [0.2, 0.25) is 15.9 Å². The highest BCUT2D eigenvalue weighted by atomic mass is 32.2. The van der Waals surface area contributed by atoms with Crippen molar-refractivity contribution in [3.8, 4) is 5.75 Å². The Morgan fingerprint density at radius 2 is 2.04 bits per heavy atom. The van der Waals surface area contributed by atoms with E-state index in [0.29, 0.717) is 29.8 Å². The molecule has 0 saturated heterocycles. The van der Waals surface area contributed by atoms with Crippen molar-refractivity contribution in [3.05, 3.63) is 24.3 Å². The Morgan fingerprint density at radius 1 is 1.30 bits per heavy atom. The Balaban J connectivity index is 1.88. The predicted molar refractivity (Wildman–Crippen MR) is 112 cm³/mol. The lowest BCUT2D eigenvalue weighted by Gasteiger charge is -2.23. The molecule has 6 nitrogen and oxygen atoms in total. The summed E-state index contributed by atoms with van der Waals surface area (Å²) in [6.45, 7) is 2.67. The third-order valence-electron chi connectivity index (χ3n) is 4.43. The molecular weight excluding hydrogens is 384 g/mol. The van der Waals surface area contributed by atoms with E-state index in [0.717, 1.165) is 16.3 Å². The van der Waals surface area contributed by atoms with Crippen LogP contribution in [0.15, 0.2) is 24.3 Å². The van der Waals surface area contributed by atoms with Crippen molar-refractivity contribution in [2.45, 2.75) is 44.3 Å². The smallest absolute Gasteiger partial charge is 0.240 e. The first kappa shape index (κ1) is 21.9. The molecule has 0 aromatic heterocycles. The van der Waals surface area contributed by atoms with Crippen LogP contribution >= 0.6 is 11.8 Å². The summed E-state index contributed by atoms with van der Waals surface area (Å²) in [5, 5.41) is 3.54. The van der Waals surface area contributed by atoms with E-state index in [1.165, 1.54) is 32.1 Å². The average Bonchev–Trinajstić information content (AvgIpc) is 2.64. The SMILES string of the molecule is CCOc1cccc(N(CC(=O)NCCSC2CCCCC2)S(C)(=O)=O)c1. The summed E-state index contributed by atoms with van der Waals surface area (Å²) in [7, 11) is -3.58. The van der Waals surface area contributed by atoms with Crippen molar-refractivity contribution < 1.29 is 17.9 Å². The van der Waals surface area contributed by atoms with Crippen LogP contribution in [0.25, 0.3) is 0 Å². The van der Waals surface area contributed by atoms with Gasteiger partial charge in [0.25, 0.3) is 0 Å². The van der Waals surface area contributed by atoms with Gasteiger partial charge in [-0.15, -0.1) is 0 Å². The number of nitrogens with one attached hydrogen (secondary N) is 1. The lowest BCUT2D eigenvalue weighted by molar-refractivity contribution is -0.119. The van der Waals surface area contributed by atoms with Crippen LogP contribution < -0.4 is 14.4 Å². The highest BCUT2D eigenvalue weighted by Gasteiger charge is 2.21. The molecule has 1 saturated carbocycles. The van der Waals surface area contributed by atoms with Gasteiger partial charge >= 0.3 is 0 Å². The Labute approximate surface area is 167 Å². The van der Waals surface area contributed by atoms with Gasteiger partial charge in [0.05, 0.1) is 18.6 Å². The fraction of sp³-hybridized carbons (Fsp3) is 0.632. The molecule has 0 atom stereocenters.